The first kappa shape index (κ1) is 22.9. The van der Waals surface area contributed by atoms with Crippen molar-refractivity contribution in [3.8, 4) is 5.75 Å². The molecule has 6 nitrogen and oxygen atoms in total. The normalized spacial score (nSPS) is 16.1. The largest absolute Gasteiger partial charge is 0.497 e. The Labute approximate surface area is 187 Å². The Balaban J connectivity index is 1.47. The second-order valence-electron chi connectivity index (χ2n) is 8.32. The lowest BCUT2D eigenvalue weighted by atomic mass is 9.98. The fraction of sp³-hybridized carbons (Fsp3) is 0.520. The zero-order chi connectivity index (χ0) is 22.1. The van der Waals surface area contributed by atoms with E-state index in [2.05, 4.69) is 65.6 Å². The minimum Gasteiger partial charge on any atom is -0.497 e. The van der Waals surface area contributed by atoms with Gasteiger partial charge in [-0.3, -0.25) is 4.99 Å². The van der Waals surface area contributed by atoms with Gasteiger partial charge in [0.15, 0.2) is 5.96 Å². The number of nitrogens with one attached hydrogen (secondary N) is 2. The number of aliphatic imine (C=N–C) groups is 1. The van der Waals surface area contributed by atoms with Crippen LogP contribution in [0.1, 0.15) is 50.2 Å². The summed E-state index contributed by atoms with van der Waals surface area (Å²) in [5.74, 6) is 3.37. The Morgan fingerprint density at radius 1 is 1.19 bits per heavy atom. The number of hydrogen-bond acceptors (Lipinski definition) is 4. The molecular formula is C25H37N5O. The molecular weight excluding hydrogens is 386 g/mol. The Morgan fingerprint density at radius 3 is 2.55 bits per heavy atom. The quantitative estimate of drug-likeness (QED) is 0.494. The molecule has 2 heterocycles. The third-order valence-corrected chi connectivity index (χ3v) is 5.92. The van der Waals surface area contributed by atoms with Gasteiger partial charge in [0.1, 0.15) is 11.6 Å². The fourth-order valence-corrected chi connectivity index (χ4v) is 3.88. The van der Waals surface area contributed by atoms with Gasteiger partial charge in [-0.15, -0.1) is 0 Å². The van der Waals surface area contributed by atoms with E-state index in [0.717, 1.165) is 63.0 Å². The zero-order valence-electron chi connectivity index (χ0n) is 19.4. The first-order chi connectivity index (χ1) is 15.1. The van der Waals surface area contributed by atoms with Crippen molar-refractivity contribution >= 4 is 11.8 Å². The SMILES string of the molecule is CCNC(=NCCC(C)c1ccc(OC)cc1)NC1CCN(c2ccc(C)cn2)CC1. The van der Waals surface area contributed by atoms with Crippen LogP contribution in [0, 0.1) is 6.92 Å². The lowest BCUT2D eigenvalue weighted by molar-refractivity contribution is 0.414. The maximum absolute atomic E-state index is 5.25. The molecule has 1 saturated heterocycles. The minimum atomic E-state index is 0.443. The molecule has 0 amide bonds. The van der Waals surface area contributed by atoms with Crippen LogP contribution in [-0.2, 0) is 0 Å². The number of hydrogen-bond donors (Lipinski definition) is 2. The number of benzene rings is 1. The van der Waals surface area contributed by atoms with Crippen molar-refractivity contribution in [3.05, 3.63) is 53.7 Å². The molecule has 0 radical (unpaired) electrons. The molecule has 1 atom stereocenters. The van der Waals surface area contributed by atoms with Crippen LogP contribution >= 0.6 is 0 Å². The van der Waals surface area contributed by atoms with Crippen LogP contribution in [0.25, 0.3) is 0 Å². The molecule has 3 rings (SSSR count). The summed E-state index contributed by atoms with van der Waals surface area (Å²) >= 11 is 0. The average Bonchev–Trinajstić information content (AvgIpc) is 2.80. The number of piperidine rings is 1. The summed E-state index contributed by atoms with van der Waals surface area (Å²) in [4.78, 5) is 11.8. The van der Waals surface area contributed by atoms with Gasteiger partial charge in [-0.05, 0) is 68.4 Å². The molecule has 0 spiro atoms. The summed E-state index contributed by atoms with van der Waals surface area (Å²) in [7, 11) is 1.70. The number of aromatic nitrogens is 1. The minimum absolute atomic E-state index is 0.443. The summed E-state index contributed by atoms with van der Waals surface area (Å²) in [5, 5.41) is 7.05. The Morgan fingerprint density at radius 2 is 1.94 bits per heavy atom. The zero-order valence-corrected chi connectivity index (χ0v) is 19.4. The molecule has 1 aromatic carbocycles. The van der Waals surface area contributed by atoms with Crippen LogP contribution in [0.15, 0.2) is 47.6 Å². The molecule has 0 aliphatic carbocycles. The van der Waals surface area contributed by atoms with Gasteiger partial charge in [0, 0.05) is 38.4 Å². The third-order valence-electron chi connectivity index (χ3n) is 5.92. The molecule has 1 aliphatic heterocycles. The van der Waals surface area contributed by atoms with E-state index in [0.29, 0.717) is 12.0 Å². The summed E-state index contributed by atoms with van der Waals surface area (Å²) in [6.07, 6.45) is 5.13. The molecule has 0 bridgehead atoms. The number of ether oxygens (including phenoxy) is 1. The first-order valence-electron chi connectivity index (χ1n) is 11.5. The first-order valence-corrected chi connectivity index (χ1v) is 11.5. The van der Waals surface area contributed by atoms with E-state index in [1.807, 2.05) is 18.3 Å². The summed E-state index contributed by atoms with van der Waals surface area (Å²) in [6, 6.07) is 13.0. The van der Waals surface area contributed by atoms with Crippen molar-refractivity contribution in [2.45, 2.75) is 52.0 Å². The molecule has 31 heavy (non-hydrogen) atoms. The number of rotatable bonds is 8. The highest BCUT2D eigenvalue weighted by Crippen LogP contribution is 2.22. The maximum atomic E-state index is 5.25. The molecule has 168 valence electrons. The van der Waals surface area contributed by atoms with Gasteiger partial charge in [-0.2, -0.15) is 0 Å². The van der Waals surface area contributed by atoms with Gasteiger partial charge in [0.05, 0.1) is 7.11 Å². The molecule has 1 aliphatic rings. The number of aryl methyl sites for hydroxylation is 1. The Kier molecular flexibility index (Phi) is 8.56. The highest BCUT2D eigenvalue weighted by Gasteiger charge is 2.20. The van der Waals surface area contributed by atoms with Crippen molar-refractivity contribution in [1.29, 1.82) is 0 Å². The van der Waals surface area contributed by atoms with Gasteiger partial charge in [0.25, 0.3) is 0 Å². The summed E-state index contributed by atoms with van der Waals surface area (Å²) in [5.41, 5.74) is 2.53. The smallest absolute Gasteiger partial charge is 0.191 e. The Bertz CT molecular complexity index is 811. The number of pyridine rings is 1. The summed E-state index contributed by atoms with van der Waals surface area (Å²) in [6.45, 7) is 10.1. The number of anilines is 1. The fourth-order valence-electron chi connectivity index (χ4n) is 3.88. The molecule has 1 unspecified atom stereocenters. The van der Waals surface area contributed by atoms with E-state index in [1.165, 1.54) is 11.1 Å². The number of methoxy groups -OCH3 is 1. The van der Waals surface area contributed by atoms with Crippen LogP contribution in [-0.4, -0.2) is 50.3 Å². The predicted molar refractivity (Wildman–Crippen MR) is 129 cm³/mol. The van der Waals surface area contributed by atoms with Gasteiger partial charge in [0.2, 0.25) is 0 Å². The van der Waals surface area contributed by atoms with Crippen molar-refractivity contribution in [2.24, 2.45) is 4.99 Å². The van der Waals surface area contributed by atoms with E-state index >= 15 is 0 Å². The maximum Gasteiger partial charge on any atom is 0.191 e. The third kappa shape index (κ3) is 6.88. The van der Waals surface area contributed by atoms with Gasteiger partial charge in [-0.1, -0.05) is 25.1 Å². The average molecular weight is 424 g/mol. The number of nitrogens with zero attached hydrogens (tertiary/aromatic N) is 3. The van der Waals surface area contributed by atoms with E-state index in [1.54, 1.807) is 7.11 Å². The predicted octanol–water partition coefficient (Wildman–Crippen LogP) is 4.12. The van der Waals surface area contributed by atoms with Gasteiger partial charge in [-0.25, -0.2) is 4.98 Å². The number of guanidine groups is 1. The monoisotopic (exact) mass is 423 g/mol. The second-order valence-corrected chi connectivity index (χ2v) is 8.32. The van der Waals surface area contributed by atoms with Crippen LogP contribution in [0.5, 0.6) is 5.75 Å². The molecule has 2 N–H and O–H groups in total. The topological polar surface area (TPSA) is 61.8 Å². The van der Waals surface area contributed by atoms with Crippen LogP contribution in [0.2, 0.25) is 0 Å². The van der Waals surface area contributed by atoms with Crippen molar-refractivity contribution in [2.75, 3.05) is 38.2 Å². The Hall–Kier alpha value is -2.76. The molecule has 6 heteroatoms. The molecule has 1 fully saturated rings. The highest BCUT2D eigenvalue weighted by atomic mass is 16.5. The highest BCUT2D eigenvalue weighted by molar-refractivity contribution is 5.80. The summed E-state index contributed by atoms with van der Waals surface area (Å²) < 4.78 is 5.25. The van der Waals surface area contributed by atoms with E-state index in [4.69, 9.17) is 9.73 Å². The van der Waals surface area contributed by atoms with Crippen molar-refractivity contribution < 1.29 is 4.74 Å². The molecule has 1 aromatic heterocycles. The van der Waals surface area contributed by atoms with Crippen molar-refractivity contribution in [3.63, 3.8) is 0 Å². The molecule has 2 aromatic rings. The van der Waals surface area contributed by atoms with E-state index in [-0.39, 0.29) is 0 Å². The van der Waals surface area contributed by atoms with E-state index in [9.17, 15) is 0 Å². The molecule has 0 saturated carbocycles. The van der Waals surface area contributed by atoms with Crippen LogP contribution in [0.3, 0.4) is 0 Å². The second kappa shape index (κ2) is 11.6. The van der Waals surface area contributed by atoms with Gasteiger partial charge < -0.3 is 20.3 Å². The van der Waals surface area contributed by atoms with Crippen molar-refractivity contribution in [1.82, 2.24) is 15.6 Å². The lowest BCUT2D eigenvalue weighted by Gasteiger charge is -2.33. The van der Waals surface area contributed by atoms with E-state index < -0.39 is 0 Å². The van der Waals surface area contributed by atoms with Gasteiger partial charge >= 0.3 is 0 Å². The standard InChI is InChI=1S/C25H37N5O/c1-5-26-25(27-15-12-20(3)21-7-9-23(31-4)10-8-21)29-22-13-16-30(17-14-22)24-11-6-19(2)18-28-24/h6-11,18,20,22H,5,12-17H2,1-4H3,(H2,26,27,29). The van der Waals surface area contributed by atoms with Crippen LogP contribution < -0.4 is 20.3 Å². The van der Waals surface area contributed by atoms with Crippen LogP contribution in [0.4, 0.5) is 5.82 Å². The lowest BCUT2D eigenvalue weighted by Crippen LogP contribution is -2.49.